The summed E-state index contributed by atoms with van der Waals surface area (Å²) in [5.41, 5.74) is -0.338. The lowest BCUT2D eigenvalue weighted by Crippen LogP contribution is -2.70. The smallest absolute Gasteiger partial charge is 0.220 e. The van der Waals surface area contributed by atoms with Gasteiger partial charge in [0.1, 0.15) is 0 Å². The van der Waals surface area contributed by atoms with Gasteiger partial charge in [-0.15, -0.1) is 0 Å². The van der Waals surface area contributed by atoms with E-state index in [1.54, 1.807) is 6.92 Å². The predicted molar refractivity (Wildman–Crippen MR) is 112 cm³/mol. The lowest BCUT2D eigenvalue weighted by molar-refractivity contribution is -0.166. The highest BCUT2D eigenvalue weighted by Crippen LogP contribution is 2.47. The first-order valence-electron chi connectivity index (χ1n) is 10.1. The van der Waals surface area contributed by atoms with Crippen LogP contribution < -0.4 is 5.19 Å². The molecule has 146 valence electrons. The summed E-state index contributed by atoms with van der Waals surface area (Å²) < 4.78 is 6.90. The molecule has 0 radical (unpaired) electrons. The highest BCUT2D eigenvalue weighted by Gasteiger charge is 2.54. The van der Waals surface area contributed by atoms with E-state index in [0.29, 0.717) is 5.92 Å². The average molecular weight is 376 g/mol. The molecule has 1 heterocycles. The van der Waals surface area contributed by atoms with Gasteiger partial charge >= 0.3 is 0 Å². The third-order valence-electron chi connectivity index (χ3n) is 6.94. The first-order valence-corrected chi connectivity index (χ1v) is 13.0. The lowest BCUT2D eigenvalue weighted by Gasteiger charge is -2.61. The zero-order valence-corrected chi connectivity index (χ0v) is 18.9. The van der Waals surface area contributed by atoms with E-state index < -0.39 is 8.32 Å². The van der Waals surface area contributed by atoms with Crippen molar-refractivity contribution in [3.8, 4) is 0 Å². The minimum absolute atomic E-state index is 0.158. The van der Waals surface area contributed by atoms with E-state index in [0.717, 1.165) is 19.3 Å². The Morgan fingerprint density at radius 3 is 2.23 bits per heavy atom. The second-order valence-electron chi connectivity index (χ2n) is 8.94. The zero-order valence-electron chi connectivity index (χ0n) is 17.9. The molecule has 1 saturated heterocycles. The summed E-state index contributed by atoms with van der Waals surface area (Å²) in [4.78, 5) is 14.8. The van der Waals surface area contributed by atoms with Crippen molar-refractivity contribution in [2.24, 2.45) is 5.92 Å². The van der Waals surface area contributed by atoms with E-state index in [2.05, 4.69) is 82.9 Å². The molecule has 1 amide bonds. The Labute approximate surface area is 161 Å². The van der Waals surface area contributed by atoms with Gasteiger partial charge in [0, 0.05) is 23.9 Å². The largest absolute Gasteiger partial charge is 0.410 e. The zero-order chi connectivity index (χ0) is 19.8. The van der Waals surface area contributed by atoms with Crippen LogP contribution in [0.1, 0.15) is 60.8 Å². The molecule has 0 saturated carbocycles. The standard InChI is InChI=1S/C22H37NO2Si/c1-9-21(5)16-20(17(3)22(6,10-2)23(21)18(4)24)25-26(7,8)19-14-12-11-13-15-19/h11-15,17,20H,9-10,16H2,1-8H3. The third kappa shape index (κ3) is 3.63. The molecule has 1 aliphatic rings. The van der Waals surface area contributed by atoms with Crippen LogP contribution in [0.2, 0.25) is 13.1 Å². The van der Waals surface area contributed by atoms with E-state index in [9.17, 15) is 4.79 Å². The Balaban J connectivity index is 2.40. The summed E-state index contributed by atoms with van der Waals surface area (Å²) in [6.07, 6.45) is 2.96. The molecule has 4 atom stereocenters. The van der Waals surface area contributed by atoms with Crippen LogP contribution in [0.15, 0.2) is 30.3 Å². The van der Waals surface area contributed by atoms with E-state index in [4.69, 9.17) is 4.43 Å². The van der Waals surface area contributed by atoms with Gasteiger partial charge in [-0.2, -0.15) is 0 Å². The van der Waals surface area contributed by atoms with Crippen molar-refractivity contribution in [3.63, 3.8) is 0 Å². The second kappa shape index (κ2) is 7.47. The summed E-state index contributed by atoms with van der Waals surface area (Å²) in [6, 6.07) is 10.6. The van der Waals surface area contributed by atoms with Crippen molar-refractivity contribution < 1.29 is 9.22 Å². The van der Waals surface area contributed by atoms with Gasteiger partial charge in [0.2, 0.25) is 14.2 Å². The minimum Gasteiger partial charge on any atom is -0.410 e. The van der Waals surface area contributed by atoms with Crippen LogP contribution in [0.5, 0.6) is 0 Å². The van der Waals surface area contributed by atoms with Gasteiger partial charge in [-0.05, 0) is 51.4 Å². The fourth-order valence-electron chi connectivity index (χ4n) is 4.87. The molecule has 3 nitrogen and oxygen atoms in total. The average Bonchev–Trinajstić information content (AvgIpc) is 2.59. The van der Waals surface area contributed by atoms with Gasteiger partial charge in [0.15, 0.2) is 0 Å². The maximum absolute atomic E-state index is 12.6. The lowest BCUT2D eigenvalue weighted by atomic mass is 9.68. The van der Waals surface area contributed by atoms with Crippen molar-refractivity contribution in [1.29, 1.82) is 0 Å². The van der Waals surface area contributed by atoms with E-state index in [1.165, 1.54) is 5.19 Å². The van der Waals surface area contributed by atoms with Crippen molar-refractivity contribution in [2.45, 2.75) is 91.1 Å². The first kappa shape index (κ1) is 21.2. The maximum Gasteiger partial charge on any atom is 0.220 e. The molecule has 0 aromatic heterocycles. The molecule has 1 aromatic carbocycles. The maximum atomic E-state index is 12.6. The van der Waals surface area contributed by atoms with Gasteiger partial charge in [-0.1, -0.05) is 51.1 Å². The Hall–Kier alpha value is -1.13. The normalized spacial score (nSPS) is 32.5. The molecular weight excluding hydrogens is 338 g/mol. The number of carbonyl (C=O) groups is 1. The number of amides is 1. The molecule has 4 heteroatoms. The van der Waals surface area contributed by atoms with Crippen LogP contribution in [0.3, 0.4) is 0 Å². The molecule has 1 fully saturated rings. The number of hydrogen-bond acceptors (Lipinski definition) is 2. The van der Waals surface area contributed by atoms with Crippen LogP contribution >= 0.6 is 0 Å². The molecular formula is C22H37NO2Si. The number of likely N-dealkylation sites (tertiary alicyclic amines) is 1. The van der Waals surface area contributed by atoms with Crippen LogP contribution in [0.4, 0.5) is 0 Å². The topological polar surface area (TPSA) is 29.5 Å². The Morgan fingerprint density at radius 2 is 1.77 bits per heavy atom. The molecule has 26 heavy (non-hydrogen) atoms. The van der Waals surface area contributed by atoms with Gasteiger partial charge in [0.25, 0.3) is 0 Å². The van der Waals surface area contributed by atoms with Crippen LogP contribution in [-0.4, -0.2) is 36.3 Å². The fourth-order valence-corrected chi connectivity index (χ4v) is 7.05. The minimum atomic E-state index is -2.01. The third-order valence-corrected chi connectivity index (χ3v) is 9.55. The van der Waals surface area contributed by atoms with E-state index in [-0.39, 0.29) is 23.1 Å². The molecule has 1 aliphatic heterocycles. The number of hydrogen-bond donors (Lipinski definition) is 0. The highest BCUT2D eigenvalue weighted by atomic mass is 28.4. The number of piperidine rings is 1. The van der Waals surface area contributed by atoms with Gasteiger partial charge in [-0.25, -0.2) is 0 Å². The van der Waals surface area contributed by atoms with Crippen LogP contribution in [0.25, 0.3) is 0 Å². The highest BCUT2D eigenvalue weighted by molar-refractivity contribution is 6.84. The quantitative estimate of drug-likeness (QED) is 0.698. The first-order chi connectivity index (χ1) is 12.0. The van der Waals surface area contributed by atoms with E-state index in [1.807, 2.05) is 0 Å². The van der Waals surface area contributed by atoms with Crippen molar-refractivity contribution in [2.75, 3.05) is 0 Å². The Bertz CT molecular complexity index is 632. The molecule has 1 aromatic rings. The summed E-state index contributed by atoms with van der Waals surface area (Å²) in [5.74, 6) is 0.482. The predicted octanol–water partition coefficient (Wildman–Crippen LogP) is 4.71. The number of rotatable bonds is 5. The van der Waals surface area contributed by atoms with Crippen molar-refractivity contribution in [3.05, 3.63) is 30.3 Å². The fraction of sp³-hybridized carbons (Fsp3) is 0.682. The van der Waals surface area contributed by atoms with Gasteiger partial charge in [0.05, 0.1) is 6.10 Å². The van der Waals surface area contributed by atoms with Crippen molar-refractivity contribution in [1.82, 2.24) is 4.90 Å². The molecule has 0 N–H and O–H groups in total. The molecule has 4 unspecified atom stereocenters. The summed E-state index contributed by atoms with van der Waals surface area (Å²) in [7, 11) is -2.01. The second-order valence-corrected chi connectivity index (χ2v) is 12.8. The van der Waals surface area contributed by atoms with Crippen molar-refractivity contribution >= 4 is 19.4 Å². The number of carbonyl (C=O) groups excluding carboxylic acids is 1. The van der Waals surface area contributed by atoms with Gasteiger partial charge in [-0.3, -0.25) is 4.79 Å². The monoisotopic (exact) mass is 375 g/mol. The number of benzene rings is 1. The van der Waals surface area contributed by atoms with E-state index >= 15 is 0 Å². The molecule has 2 rings (SSSR count). The summed E-state index contributed by atoms with van der Waals surface area (Å²) in [5, 5.41) is 1.33. The Morgan fingerprint density at radius 1 is 1.19 bits per heavy atom. The molecule has 0 spiro atoms. The van der Waals surface area contributed by atoms with Crippen LogP contribution in [-0.2, 0) is 9.22 Å². The SMILES string of the molecule is CCC1(C)CC(O[Si](C)(C)c2ccccc2)C(C)C(C)(CC)N1C(C)=O. The number of nitrogens with zero attached hydrogens (tertiary/aromatic N) is 1. The van der Waals surface area contributed by atoms with Crippen LogP contribution in [0, 0.1) is 5.92 Å². The molecule has 0 bridgehead atoms. The molecule has 0 aliphatic carbocycles. The Kier molecular flexibility index (Phi) is 6.08. The summed E-state index contributed by atoms with van der Waals surface area (Å²) >= 11 is 0. The van der Waals surface area contributed by atoms with Gasteiger partial charge < -0.3 is 9.33 Å². The summed E-state index contributed by atoms with van der Waals surface area (Å²) in [6.45, 7) is 17.5.